The van der Waals surface area contributed by atoms with Gasteiger partial charge in [-0.3, -0.25) is 0 Å². The summed E-state index contributed by atoms with van der Waals surface area (Å²) >= 11 is 0. The van der Waals surface area contributed by atoms with Crippen LogP contribution in [0.25, 0.3) is 82.8 Å². The first kappa shape index (κ1) is 35.2. The minimum absolute atomic E-state index is 1.09. The zero-order valence-electron chi connectivity index (χ0n) is 33.0. The Morgan fingerprint density at radius 3 is 1.43 bits per heavy atom. The van der Waals surface area contributed by atoms with Gasteiger partial charge in [-0.1, -0.05) is 188 Å². The van der Waals surface area contributed by atoms with Crippen LogP contribution < -0.4 is 4.90 Å². The van der Waals surface area contributed by atoms with Crippen LogP contribution in [0.2, 0.25) is 0 Å². The summed E-state index contributed by atoms with van der Waals surface area (Å²) in [6.45, 7) is 0. The maximum Gasteiger partial charge on any atom is 0.0541 e. The first-order valence-corrected chi connectivity index (χ1v) is 20.6. The highest BCUT2D eigenvalue weighted by molar-refractivity contribution is 6.10. The predicted molar refractivity (Wildman–Crippen MR) is 255 cm³/mol. The molecule has 0 saturated carbocycles. The fourth-order valence-corrected chi connectivity index (χ4v) is 8.97. The van der Waals surface area contributed by atoms with Crippen LogP contribution >= 0.6 is 0 Å². The van der Waals surface area contributed by atoms with Crippen molar-refractivity contribution in [3.8, 4) is 50.2 Å². The van der Waals surface area contributed by atoms with Gasteiger partial charge in [0.05, 0.1) is 22.4 Å². The van der Waals surface area contributed by atoms with Gasteiger partial charge in [0.15, 0.2) is 0 Å². The Morgan fingerprint density at radius 2 is 0.750 bits per heavy atom. The highest BCUT2D eigenvalue weighted by Gasteiger charge is 2.21. The number of para-hydroxylation sites is 3. The molecule has 282 valence electrons. The van der Waals surface area contributed by atoms with Crippen LogP contribution in [0, 0.1) is 0 Å². The monoisotopic (exact) mass is 764 g/mol. The molecule has 10 aromatic carbocycles. The zero-order chi connectivity index (χ0) is 39.8. The molecule has 0 spiro atoms. The van der Waals surface area contributed by atoms with Crippen LogP contribution in [0.4, 0.5) is 17.1 Å². The van der Waals surface area contributed by atoms with Gasteiger partial charge >= 0.3 is 0 Å². The molecule has 0 unspecified atom stereocenters. The van der Waals surface area contributed by atoms with Gasteiger partial charge in [0.25, 0.3) is 0 Å². The topological polar surface area (TPSA) is 8.17 Å². The minimum Gasteiger partial charge on any atom is -0.310 e. The maximum atomic E-state index is 2.42. The molecule has 11 aromatic rings. The number of hydrogen-bond donors (Lipinski definition) is 0. The van der Waals surface area contributed by atoms with E-state index >= 15 is 0 Å². The summed E-state index contributed by atoms with van der Waals surface area (Å²) in [6, 6.07) is 87.9. The molecule has 1 heterocycles. The lowest BCUT2D eigenvalue weighted by Crippen LogP contribution is -2.11. The number of fused-ring (bicyclic) bond motifs is 4. The van der Waals surface area contributed by atoms with E-state index in [-0.39, 0.29) is 0 Å². The van der Waals surface area contributed by atoms with Crippen molar-refractivity contribution >= 4 is 49.6 Å². The molecular weight excluding hydrogens is 725 g/mol. The molecule has 0 radical (unpaired) electrons. The van der Waals surface area contributed by atoms with Crippen molar-refractivity contribution in [1.82, 2.24) is 4.57 Å². The van der Waals surface area contributed by atoms with E-state index in [1.807, 2.05) is 0 Å². The van der Waals surface area contributed by atoms with E-state index in [2.05, 4.69) is 252 Å². The summed E-state index contributed by atoms with van der Waals surface area (Å²) in [5, 5.41) is 5.00. The fourth-order valence-electron chi connectivity index (χ4n) is 8.97. The van der Waals surface area contributed by atoms with Crippen molar-refractivity contribution in [2.24, 2.45) is 0 Å². The quantitative estimate of drug-likeness (QED) is 0.150. The molecule has 1 aromatic heterocycles. The largest absolute Gasteiger partial charge is 0.310 e. The zero-order valence-corrected chi connectivity index (χ0v) is 33.0. The van der Waals surface area contributed by atoms with Gasteiger partial charge in [-0.05, 0) is 98.8 Å². The Morgan fingerprint density at radius 1 is 0.283 bits per heavy atom. The van der Waals surface area contributed by atoms with Crippen molar-refractivity contribution in [3.05, 3.63) is 243 Å². The number of rotatable bonds is 8. The molecule has 0 amide bonds. The second-order valence-electron chi connectivity index (χ2n) is 15.3. The normalized spacial score (nSPS) is 11.3. The first-order chi connectivity index (χ1) is 29.8. The average molecular weight is 765 g/mol. The van der Waals surface area contributed by atoms with Crippen molar-refractivity contribution in [1.29, 1.82) is 0 Å². The minimum atomic E-state index is 1.09. The summed E-state index contributed by atoms with van der Waals surface area (Å²) in [6.07, 6.45) is 0. The van der Waals surface area contributed by atoms with E-state index in [1.54, 1.807) is 0 Å². The van der Waals surface area contributed by atoms with Crippen LogP contribution in [0.3, 0.4) is 0 Å². The third-order valence-corrected chi connectivity index (χ3v) is 11.8. The highest BCUT2D eigenvalue weighted by atomic mass is 15.1. The van der Waals surface area contributed by atoms with Crippen LogP contribution in [0.1, 0.15) is 0 Å². The lowest BCUT2D eigenvalue weighted by atomic mass is 9.94. The summed E-state index contributed by atoms with van der Waals surface area (Å²) in [5.41, 5.74) is 16.3. The molecule has 60 heavy (non-hydrogen) atoms. The van der Waals surface area contributed by atoms with Crippen LogP contribution in [0.5, 0.6) is 0 Å². The molecule has 0 atom stereocenters. The van der Waals surface area contributed by atoms with E-state index < -0.39 is 0 Å². The molecule has 2 heteroatoms. The van der Waals surface area contributed by atoms with E-state index in [0.29, 0.717) is 0 Å². The SMILES string of the molecule is c1ccc(-c2ccc(N(c3ccc(-c4cccc5ccccc45)cc3)c3ccc(-c4ccccc4-n4c5ccccc5c5ccccc54)cc3-c3ccccc3)cc2)cc1. The van der Waals surface area contributed by atoms with Crippen molar-refractivity contribution in [2.75, 3.05) is 4.90 Å². The molecule has 2 nitrogen and oxygen atoms in total. The third kappa shape index (κ3) is 6.23. The Kier molecular flexibility index (Phi) is 8.87. The van der Waals surface area contributed by atoms with Crippen molar-refractivity contribution < 1.29 is 0 Å². The summed E-state index contributed by atoms with van der Waals surface area (Å²) in [4.78, 5) is 2.41. The molecule has 0 saturated heterocycles. The van der Waals surface area contributed by atoms with Gasteiger partial charge in [-0.2, -0.15) is 0 Å². The molecule has 11 rings (SSSR count). The van der Waals surface area contributed by atoms with Gasteiger partial charge in [-0.15, -0.1) is 0 Å². The van der Waals surface area contributed by atoms with Crippen LogP contribution in [-0.4, -0.2) is 4.57 Å². The Labute approximate surface area is 350 Å². The highest BCUT2D eigenvalue weighted by Crippen LogP contribution is 2.45. The molecule has 0 aliphatic heterocycles. The molecular formula is C58H40N2. The third-order valence-electron chi connectivity index (χ3n) is 11.8. The van der Waals surface area contributed by atoms with Crippen molar-refractivity contribution in [2.45, 2.75) is 0 Å². The average Bonchev–Trinajstić information content (AvgIpc) is 3.67. The smallest absolute Gasteiger partial charge is 0.0541 e. The van der Waals surface area contributed by atoms with Crippen LogP contribution in [0.15, 0.2) is 243 Å². The predicted octanol–water partition coefficient (Wildman–Crippen LogP) is 16.1. The van der Waals surface area contributed by atoms with Gasteiger partial charge in [0.2, 0.25) is 0 Å². The van der Waals surface area contributed by atoms with Crippen molar-refractivity contribution in [3.63, 3.8) is 0 Å². The number of hydrogen-bond acceptors (Lipinski definition) is 1. The lowest BCUT2D eigenvalue weighted by molar-refractivity contribution is 1.18. The van der Waals surface area contributed by atoms with Gasteiger partial charge in [0.1, 0.15) is 0 Å². The van der Waals surface area contributed by atoms with Crippen LogP contribution in [-0.2, 0) is 0 Å². The van der Waals surface area contributed by atoms with Gasteiger partial charge in [-0.25, -0.2) is 0 Å². The Bertz CT molecular complexity index is 3230. The van der Waals surface area contributed by atoms with E-state index in [0.717, 1.165) is 39.4 Å². The Balaban J connectivity index is 1.09. The molecule has 0 bridgehead atoms. The molecule has 0 N–H and O–H groups in total. The summed E-state index contributed by atoms with van der Waals surface area (Å²) < 4.78 is 2.42. The number of aromatic nitrogens is 1. The molecule has 0 aliphatic rings. The second-order valence-corrected chi connectivity index (χ2v) is 15.3. The lowest BCUT2D eigenvalue weighted by Gasteiger charge is -2.29. The molecule has 0 fully saturated rings. The van der Waals surface area contributed by atoms with E-state index in [4.69, 9.17) is 0 Å². The first-order valence-electron chi connectivity index (χ1n) is 20.6. The second kappa shape index (κ2) is 15.1. The Hall–Kier alpha value is -7.94. The van der Waals surface area contributed by atoms with E-state index in [1.165, 1.54) is 60.4 Å². The van der Waals surface area contributed by atoms with Gasteiger partial charge < -0.3 is 9.47 Å². The number of anilines is 3. The fraction of sp³-hybridized carbons (Fsp3) is 0. The summed E-state index contributed by atoms with van der Waals surface area (Å²) in [5.74, 6) is 0. The number of nitrogens with zero attached hydrogens (tertiary/aromatic N) is 2. The molecule has 0 aliphatic carbocycles. The summed E-state index contributed by atoms with van der Waals surface area (Å²) in [7, 11) is 0. The van der Waals surface area contributed by atoms with Gasteiger partial charge in [0, 0.05) is 33.3 Å². The standard InChI is InChI=1S/C58H40N2/c1-3-16-41(17-4-1)42-30-35-47(36-31-42)59(48-37-32-45(33-38-48)50-26-15-21-43-20-7-8-22-49(43)50)58-39-34-46(40-54(58)44-18-5-2-6-19-44)51-23-9-12-27-55(51)60-56-28-13-10-24-52(56)53-25-11-14-29-57(53)60/h1-40H. The van der Waals surface area contributed by atoms with E-state index in [9.17, 15) is 0 Å². The maximum absolute atomic E-state index is 2.42. The number of benzene rings is 10.